The van der Waals surface area contributed by atoms with E-state index in [1.165, 1.54) is 49.6 Å². The second-order valence-electron chi connectivity index (χ2n) is 13.6. The lowest BCUT2D eigenvalue weighted by Crippen LogP contribution is -2.53. The maximum atomic E-state index is 13.8. The predicted octanol–water partition coefficient (Wildman–Crippen LogP) is 8.15. The largest absolute Gasteiger partial charge is 0.433 e. The first-order chi connectivity index (χ1) is 22.8. The lowest BCUT2D eigenvalue weighted by Gasteiger charge is -2.49. The molecule has 1 spiro atoms. The molecule has 260 valence electrons. The summed E-state index contributed by atoms with van der Waals surface area (Å²) in [5, 5.41) is 7.47. The van der Waals surface area contributed by atoms with Crippen molar-refractivity contribution in [3.05, 3.63) is 46.8 Å². The van der Waals surface area contributed by atoms with Gasteiger partial charge in [0.05, 0.1) is 47.1 Å². The van der Waals surface area contributed by atoms with Gasteiger partial charge in [-0.2, -0.15) is 22.0 Å². The third kappa shape index (κ3) is 8.30. The first kappa shape index (κ1) is 35.0. The Bertz CT molecular complexity index is 1710. The highest BCUT2D eigenvalue weighted by Gasteiger charge is 2.42. The van der Waals surface area contributed by atoms with E-state index in [9.17, 15) is 26.5 Å². The second kappa shape index (κ2) is 14.2. The number of fused-ring (bicyclic) bond motifs is 1. The fraction of sp³-hybridized carbons (Fsp3) is 0.543. The lowest BCUT2D eigenvalue weighted by atomic mass is 9.76. The molecule has 2 aliphatic heterocycles. The van der Waals surface area contributed by atoms with Crippen LogP contribution in [0.2, 0.25) is 0 Å². The topological polar surface area (TPSA) is 62.8 Å². The number of piperidine rings is 1. The van der Waals surface area contributed by atoms with Crippen molar-refractivity contribution in [2.45, 2.75) is 69.8 Å². The number of hydrogen-bond donors (Lipinski definition) is 2. The van der Waals surface area contributed by atoms with Crippen LogP contribution in [0.1, 0.15) is 49.0 Å². The zero-order valence-corrected chi connectivity index (χ0v) is 28.8. The highest BCUT2D eigenvalue weighted by Crippen LogP contribution is 2.42. The molecule has 0 unspecified atom stereocenters. The summed E-state index contributed by atoms with van der Waals surface area (Å²) in [5.41, 5.74) is 1.58. The molecular formula is C35H41F5N3O3PS. The quantitative estimate of drug-likeness (QED) is 0.133. The Morgan fingerprint density at radius 3 is 2.44 bits per heavy atom. The van der Waals surface area contributed by atoms with E-state index in [1.54, 1.807) is 18.2 Å². The normalized spacial score (nSPS) is 21.5. The summed E-state index contributed by atoms with van der Waals surface area (Å²) in [6.07, 6.45) is 1.05. The minimum atomic E-state index is -4.43. The van der Waals surface area contributed by atoms with E-state index < -0.39 is 26.4 Å². The van der Waals surface area contributed by atoms with E-state index in [4.69, 9.17) is 4.74 Å². The molecule has 0 radical (unpaired) electrons. The Balaban J connectivity index is 1.15. The van der Waals surface area contributed by atoms with Crippen molar-refractivity contribution in [1.29, 1.82) is 0 Å². The fourth-order valence-corrected chi connectivity index (χ4v) is 9.09. The van der Waals surface area contributed by atoms with Gasteiger partial charge in [0.1, 0.15) is 12.9 Å². The van der Waals surface area contributed by atoms with Gasteiger partial charge in [0, 0.05) is 22.8 Å². The van der Waals surface area contributed by atoms with Crippen molar-refractivity contribution < 1.29 is 36.0 Å². The van der Waals surface area contributed by atoms with Crippen LogP contribution in [-0.2, 0) is 15.7 Å². The molecule has 48 heavy (non-hydrogen) atoms. The summed E-state index contributed by atoms with van der Waals surface area (Å²) in [7, 11) is -2.73. The van der Waals surface area contributed by atoms with Gasteiger partial charge >= 0.3 is 12.8 Å². The fourth-order valence-electron chi connectivity index (χ4n) is 7.06. The van der Waals surface area contributed by atoms with E-state index in [-0.39, 0.29) is 29.6 Å². The van der Waals surface area contributed by atoms with Crippen molar-refractivity contribution in [2.24, 2.45) is 5.41 Å². The molecule has 13 heteroatoms. The SMILES string of the molecule is CP(C)(=O)c1ccc(NCC#Cc2sc3c(NC4CCC(N5CCC6(CC5)COC6)CC4)cccc3c2CC(F)(F)F)c(OC(F)F)c1. The summed E-state index contributed by atoms with van der Waals surface area (Å²) < 4.78 is 90.7. The van der Waals surface area contributed by atoms with Crippen molar-refractivity contribution in [3.8, 4) is 17.6 Å². The van der Waals surface area contributed by atoms with Crippen LogP contribution in [0, 0.1) is 17.3 Å². The number of halogens is 5. The van der Waals surface area contributed by atoms with Crippen LogP contribution in [0.5, 0.6) is 5.75 Å². The lowest BCUT2D eigenvalue weighted by molar-refractivity contribution is -0.143. The second-order valence-corrected chi connectivity index (χ2v) is 17.9. The minimum absolute atomic E-state index is 0.0330. The zero-order valence-electron chi connectivity index (χ0n) is 27.1. The Hall–Kier alpha value is -2.84. The van der Waals surface area contributed by atoms with Crippen LogP contribution in [0.15, 0.2) is 36.4 Å². The molecule has 0 amide bonds. The zero-order chi connectivity index (χ0) is 34.1. The summed E-state index contributed by atoms with van der Waals surface area (Å²) in [4.78, 5) is 2.96. The maximum Gasteiger partial charge on any atom is 0.393 e. The van der Waals surface area contributed by atoms with Gasteiger partial charge in [-0.05, 0) is 100 Å². The summed E-state index contributed by atoms with van der Waals surface area (Å²) >= 11 is 1.24. The van der Waals surface area contributed by atoms with Crippen LogP contribution in [0.25, 0.3) is 10.1 Å². The summed E-state index contributed by atoms with van der Waals surface area (Å²) in [5.74, 6) is 5.60. The van der Waals surface area contributed by atoms with Gasteiger partial charge in [0.15, 0.2) is 0 Å². The predicted molar refractivity (Wildman–Crippen MR) is 183 cm³/mol. The van der Waals surface area contributed by atoms with Crippen molar-refractivity contribution in [1.82, 2.24) is 4.90 Å². The smallest absolute Gasteiger partial charge is 0.393 e. The van der Waals surface area contributed by atoms with Gasteiger partial charge < -0.3 is 29.6 Å². The molecule has 1 saturated carbocycles. The molecule has 1 aromatic heterocycles. The van der Waals surface area contributed by atoms with Gasteiger partial charge in [-0.15, -0.1) is 11.3 Å². The summed E-state index contributed by atoms with van der Waals surface area (Å²) in [6, 6.07) is 10.6. The molecular weight excluding hydrogens is 668 g/mol. The minimum Gasteiger partial charge on any atom is -0.433 e. The van der Waals surface area contributed by atoms with Gasteiger partial charge in [-0.3, -0.25) is 0 Å². The average molecular weight is 710 g/mol. The molecule has 1 aliphatic carbocycles. The number of ether oxygens (including phenoxy) is 2. The monoisotopic (exact) mass is 709 g/mol. The molecule has 3 fully saturated rings. The van der Waals surface area contributed by atoms with Crippen LogP contribution in [0.4, 0.5) is 33.3 Å². The molecule has 0 bridgehead atoms. The Morgan fingerprint density at radius 1 is 1.08 bits per heavy atom. The molecule has 3 aromatic rings. The third-order valence-electron chi connectivity index (χ3n) is 9.82. The van der Waals surface area contributed by atoms with E-state index in [2.05, 4.69) is 32.1 Å². The molecule has 2 saturated heterocycles. The van der Waals surface area contributed by atoms with Crippen molar-refractivity contribution >= 4 is 45.2 Å². The van der Waals surface area contributed by atoms with Gasteiger partial charge in [0.2, 0.25) is 0 Å². The van der Waals surface area contributed by atoms with Gasteiger partial charge in [0.25, 0.3) is 0 Å². The number of benzene rings is 2. The number of likely N-dealkylation sites (tertiary alicyclic amines) is 1. The van der Waals surface area contributed by atoms with Crippen molar-refractivity contribution in [2.75, 3.05) is 56.8 Å². The van der Waals surface area contributed by atoms with Crippen LogP contribution >= 0.6 is 18.5 Å². The standard InChI is InChI=1S/C35H41F5N3O3PS/c1-47(2,44)25-12-13-28(30(19-25)46-33(36)37)41-16-4-7-31-27(20-35(38,39)40)26-5-3-6-29(32(26)48-31)42-23-8-10-24(11-9-23)43-17-14-34(15-18-43)21-45-22-34/h3,5-6,12-13,19,23-24,33,41-42H,8-11,14-18,20-22H2,1-2H3. The maximum absolute atomic E-state index is 13.8. The van der Waals surface area contributed by atoms with Crippen LogP contribution in [-0.4, -0.2) is 75.9 Å². The van der Waals surface area contributed by atoms with Gasteiger partial charge in [-0.1, -0.05) is 24.0 Å². The number of rotatable bonds is 9. The first-order valence-corrected chi connectivity index (χ1v) is 19.8. The Kier molecular flexibility index (Phi) is 10.3. The van der Waals surface area contributed by atoms with E-state index in [0.717, 1.165) is 62.4 Å². The van der Waals surface area contributed by atoms with Crippen molar-refractivity contribution in [3.63, 3.8) is 0 Å². The van der Waals surface area contributed by atoms with Crippen LogP contribution in [0.3, 0.4) is 0 Å². The van der Waals surface area contributed by atoms with Gasteiger partial charge in [-0.25, -0.2) is 0 Å². The number of alkyl halides is 5. The molecule has 3 aliphatic rings. The van der Waals surface area contributed by atoms with Crippen LogP contribution < -0.4 is 20.7 Å². The Labute approximate surface area is 282 Å². The molecule has 3 heterocycles. The van der Waals surface area contributed by atoms with E-state index >= 15 is 0 Å². The molecule has 2 N–H and O–H groups in total. The average Bonchev–Trinajstić information content (AvgIpc) is 3.35. The number of hydrogen-bond acceptors (Lipinski definition) is 7. The highest BCUT2D eigenvalue weighted by molar-refractivity contribution is 7.70. The number of thiophene rings is 1. The molecule has 6 rings (SSSR count). The molecule has 6 nitrogen and oxygen atoms in total. The number of nitrogens with zero attached hydrogens (tertiary/aromatic N) is 1. The Morgan fingerprint density at radius 2 is 1.81 bits per heavy atom. The highest BCUT2D eigenvalue weighted by atomic mass is 32.1. The summed E-state index contributed by atoms with van der Waals surface area (Å²) in [6.45, 7) is 3.98. The third-order valence-corrected chi connectivity index (χ3v) is 12.5. The number of anilines is 2. The number of nitrogens with one attached hydrogen (secondary N) is 2. The molecule has 0 atom stereocenters. The van der Waals surface area contributed by atoms with E-state index in [0.29, 0.717) is 27.0 Å². The first-order valence-electron chi connectivity index (χ1n) is 16.4. The molecule has 2 aromatic carbocycles. The van der Waals surface area contributed by atoms with E-state index in [1.807, 2.05) is 6.07 Å².